The smallest absolute Gasteiger partial charge is 0.0988 e. The van der Waals surface area contributed by atoms with Crippen LogP contribution >= 0.6 is 23.4 Å². The maximum absolute atomic E-state index is 5.97. The van der Waals surface area contributed by atoms with Gasteiger partial charge in [0.15, 0.2) is 0 Å². The monoisotopic (exact) mass is 301 g/mol. The summed E-state index contributed by atoms with van der Waals surface area (Å²) in [5.74, 6) is 0. The van der Waals surface area contributed by atoms with Crippen LogP contribution in [0.1, 0.15) is 30.5 Å². The molecule has 0 aliphatic carbocycles. The molecule has 102 valence electrons. The van der Waals surface area contributed by atoms with Crippen molar-refractivity contribution >= 4 is 28.4 Å². The Labute approximate surface area is 129 Å². The van der Waals surface area contributed by atoms with E-state index in [0.29, 0.717) is 5.25 Å². The van der Waals surface area contributed by atoms with Crippen molar-refractivity contribution in [1.82, 2.24) is 0 Å². The Morgan fingerprint density at radius 1 is 1.05 bits per heavy atom. The van der Waals surface area contributed by atoms with Gasteiger partial charge in [0.2, 0.25) is 0 Å². The van der Waals surface area contributed by atoms with Crippen LogP contribution in [0.15, 0.2) is 59.6 Å². The molecule has 3 heteroatoms. The molecule has 0 fully saturated rings. The summed E-state index contributed by atoms with van der Waals surface area (Å²) in [6.45, 7) is 2.23. The van der Waals surface area contributed by atoms with E-state index in [-0.39, 0.29) is 6.04 Å². The Hall–Kier alpha value is -1.25. The van der Waals surface area contributed by atoms with E-state index in [1.54, 1.807) is 0 Å². The Bertz CT molecular complexity index is 607. The number of nitrogens with zero attached hydrogens (tertiary/aromatic N) is 1. The normalized spacial score (nSPS) is 21.8. The van der Waals surface area contributed by atoms with Crippen molar-refractivity contribution in [2.45, 2.75) is 24.6 Å². The van der Waals surface area contributed by atoms with Gasteiger partial charge in [-0.15, -0.1) is 11.8 Å². The average Bonchev–Trinajstić information content (AvgIpc) is 2.93. The highest BCUT2D eigenvalue weighted by Gasteiger charge is 2.30. The van der Waals surface area contributed by atoms with Gasteiger partial charge in [0.25, 0.3) is 0 Å². The first-order valence-electron chi connectivity index (χ1n) is 6.83. The Morgan fingerprint density at radius 3 is 2.40 bits per heavy atom. The van der Waals surface area contributed by atoms with Crippen molar-refractivity contribution in [2.75, 3.05) is 0 Å². The zero-order valence-corrected chi connectivity index (χ0v) is 12.9. The molecule has 0 saturated carbocycles. The second-order valence-corrected chi connectivity index (χ2v) is 6.53. The summed E-state index contributed by atoms with van der Waals surface area (Å²) in [5, 5.41) is 2.43. The minimum atomic E-state index is 0.234. The van der Waals surface area contributed by atoms with Crippen LogP contribution in [0.4, 0.5) is 0 Å². The second kappa shape index (κ2) is 6.02. The molecule has 2 aromatic carbocycles. The number of rotatable bonds is 3. The Morgan fingerprint density at radius 2 is 1.75 bits per heavy atom. The summed E-state index contributed by atoms with van der Waals surface area (Å²) >= 11 is 7.86. The van der Waals surface area contributed by atoms with Gasteiger partial charge in [-0.2, -0.15) is 0 Å². The molecule has 20 heavy (non-hydrogen) atoms. The predicted molar refractivity (Wildman–Crippen MR) is 88.8 cm³/mol. The zero-order valence-electron chi connectivity index (χ0n) is 11.3. The summed E-state index contributed by atoms with van der Waals surface area (Å²) in [5.41, 5.74) is 2.46. The number of thioether (sulfide) groups is 1. The highest BCUT2D eigenvalue weighted by Crippen LogP contribution is 2.41. The van der Waals surface area contributed by atoms with E-state index >= 15 is 0 Å². The molecule has 1 aliphatic rings. The number of benzene rings is 2. The Kier molecular flexibility index (Phi) is 4.13. The fourth-order valence-electron chi connectivity index (χ4n) is 2.43. The van der Waals surface area contributed by atoms with Gasteiger partial charge in [0.05, 0.1) is 11.1 Å². The minimum absolute atomic E-state index is 0.234. The molecule has 3 rings (SSSR count). The lowest BCUT2D eigenvalue weighted by molar-refractivity contribution is 0.673. The van der Waals surface area contributed by atoms with Gasteiger partial charge in [-0.05, 0) is 24.1 Å². The minimum Gasteiger partial charge on any atom is -0.269 e. The van der Waals surface area contributed by atoms with Gasteiger partial charge in [-0.25, -0.2) is 0 Å². The van der Waals surface area contributed by atoms with Gasteiger partial charge in [0.1, 0.15) is 0 Å². The number of halogens is 1. The van der Waals surface area contributed by atoms with Crippen LogP contribution in [0.3, 0.4) is 0 Å². The van der Waals surface area contributed by atoms with E-state index in [4.69, 9.17) is 16.6 Å². The lowest BCUT2D eigenvalue weighted by atomic mass is 10.0. The molecule has 1 heterocycles. The van der Waals surface area contributed by atoms with Crippen LogP contribution in [0.2, 0.25) is 5.02 Å². The molecule has 0 N–H and O–H groups in total. The fourth-order valence-corrected chi connectivity index (χ4v) is 3.80. The van der Waals surface area contributed by atoms with Crippen molar-refractivity contribution in [3.05, 3.63) is 70.7 Å². The summed E-state index contributed by atoms with van der Waals surface area (Å²) in [6.07, 6.45) is 1.11. The van der Waals surface area contributed by atoms with Crippen LogP contribution in [0, 0.1) is 0 Å². The Balaban J connectivity index is 1.93. The molecule has 0 aromatic heterocycles. The lowest BCUT2D eigenvalue weighted by Crippen LogP contribution is -2.08. The topological polar surface area (TPSA) is 12.4 Å². The molecule has 0 saturated heterocycles. The van der Waals surface area contributed by atoms with Crippen LogP contribution in [-0.4, -0.2) is 10.3 Å². The summed E-state index contributed by atoms with van der Waals surface area (Å²) in [4.78, 5) is 4.95. The molecule has 2 unspecified atom stereocenters. The van der Waals surface area contributed by atoms with E-state index in [9.17, 15) is 0 Å². The number of aliphatic imine (C=N–C) groups is 1. The predicted octanol–water partition coefficient (Wildman–Crippen LogP) is 5.35. The molecule has 0 amide bonds. The number of hydrogen-bond acceptors (Lipinski definition) is 2. The van der Waals surface area contributed by atoms with Crippen molar-refractivity contribution in [2.24, 2.45) is 4.99 Å². The zero-order chi connectivity index (χ0) is 13.9. The SMILES string of the molecule is CCC1SC(c2ccccc2)=NC1c1ccc(Cl)cc1. The quantitative estimate of drug-likeness (QED) is 0.744. The largest absolute Gasteiger partial charge is 0.269 e. The molecule has 2 aromatic rings. The van der Waals surface area contributed by atoms with Gasteiger partial charge in [-0.1, -0.05) is 61.0 Å². The van der Waals surface area contributed by atoms with Crippen LogP contribution in [0.25, 0.3) is 0 Å². The third-order valence-electron chi connectivity index (χ3n) is 3.51. The maximum Gasteiger partial charge on any atom is 0.0988 e. The summed E-state index contributed by atoms with van der Waals surface area (Å²) in [7, 11) is 0. The van der Waals surface area contributed by atoms with Gasteiger partial charge >= 0.3 is 0 Å². The standard InChI is InChI=1S/C17H16ClNS/c1-2-15-16(12-8-10-14(18)11-9-12)19-17(20-15)13-6-4-3-5-7-13/h3-11,15-16H,2H2,1H3. The maximum atomic E-state index is 5.97. The third kappa shape index (κ3) is 2.77. The van der Waals surface area contributed by atoms with E-state index in [0.717, 1.165) is 16.5 Å². The fraction of sp³-hybridized carbons (Fsp3) is 0.235. The summed E-state index contributed by atoms with van der Waals surface area (Å²) < 4.78 is 0. The highest BCUT2D eigenvalue weighted by atomic mass is 35.5. The molecular formula is C17H16ClNS. The molecular weight excluding hydrogens is 286 g/mol. The van der Waals surface area contributed by atoms with Crippen molar-refractivity contribution in [3.63, 3.8) is 0 Å². The van der Waals surface area contributed by atoms with Crippen LogP contribution < -0.4 is 0 Å². The molecule has 2 atom stereocenters. The molecule has 0 spiro atoms. The van der Waals surface area contributed by atoms with Crippen molar-refractivity contribution < 1.29 is 0 Å². The molecule has 0 bridgehead atoms. The first-order chi connectivity index (χ1) is 9.78. The molecule has 0 radical (unpaired) electrons. The molecule has 1 aliphatic heterocycles. The second-order valence-electron chi connectivity index (χ2n) is 4.86. The van der Waals surface area contributed by atoms with Crippen molar-refractivity contribution in [3.8, 4) is 0 Å². The van der Waals surface area contributed by atoms with Gasteiger partial charge in [-0.3, -0.25) is 4.99 Å². The van der Waals surface area contributed by atoms with Gasteiger partial charge in [0, 0.05) is 15.8 Å². The van der Waals surface area contributed by atoms with Crippen molar-refractivity contribution in [1.29, 1.82) is 0 Å². The van der Waals surface area contributed by atoms with Crippen LogP contribution in [0.5, 0.6) is 0 Å². The highest BCUT2D eigenvalue weighted by molar-refractivity contribution is 8.15. The van der Waals surface area contributed by atoms with Crippen LogP contribution in [-0.2, 0) is 0 Å². The summed E-state index contributed by atoms with van der Waals surface area (Å²) in [6, 6.07) is 18.7. The third-order valence-corrected chi connectivity index (χ3v) is 5.22. The molecule has 1 nitrogen and oxygen atoms in total. The number of hydrogen-bond donors (Lipinski definition) is 0. The first kappa shape index (κ1) is 13.7. The van der Waals surface area contributed by atoms with E-state index in [1.807, 2.05) is 30.0 Å². The first-order valence-corrected chi connectivity index (χ1v) is 8.09. The van der Waals surface area contributed by atoms with Gasteiger partial charge < -0.3 is 0 Å². The lowest BCUT2D eigenvalue weighted by Gasteiger charge is -2.15. The van der Waals surface area contributed by atoms with E-state index in [1.165, 1.54) is 11.1 Å². The van der Waals surface area contributed by atoms with E-state index in [2.05, 4.69) is 43.3 Å². The average molecular weight is 302 g/mol. The van der Waals surface area contributed by atoms with E-state index < -0.39 is 0 Å².